The Hall–Kier alpha value is -3.36. The number of halogens is 1. The van der Waals surface area contributed by atoms with Gasteiger partial charge in [-0.05, 0) is 57.6 Å². The van der Waals surface area contributed by atoms with E-state index in [0.717, 1.165) is 43.7 Å². The molecule has 1 aliphatic rings. The molecule has 1 heterocycles. The summed E-state index contributed by atoms with van der Waals surface area (Å²) >= 11 is 6.48. The van der Waals surface area contributed by atoms with Crippen molar-refractivity contribution < 1.29 is 14.1 Å². The standard InChI is InChI=1S/C30H40ClN6O3P/c1-22(33-26-10-7-8-11-29(26)41(5,6)39)25(31)21-32-23(2)34-27-20-24(13-14-28(27)40-4)35-30(38)12-9-15-37-18-16-36(3)17-19-37/h7-14,20-21,33-34H,2,15-19H2,1,3-6H3,(H,35,38)/b12-9+,25-22-,32-21-. The topological polar surface area (TPSA) is 98.3 Å². The molecule has 1 amide bonds. The van der Waals surface area contributed by atoms with Crippen molar-refractivity contribution in [3.05, 3.63) is 77.7 Å². The zero-order chi connectivity index (χ0) is 30.0. The number of piperazine rings is 1. The highest BCUT2D eigenvalue weighted by molar-refractivity contribution is 7.70. The molecule has 1 saturated heterocycles. The van der Waals surface area contributed by atoms with E-state index in [9.17, 15) is 9.36 Å². The Balaban J connectivity index is 1.61. The molecule has 0 aliphatic carbocycles. The summed E-state index contributed by atoms with van der Waals surface area (Å²) in [4.78, 5) is 21.4. The normalized spacial score (nSPS) is 15.6. The molecule has 2 aromatic rings. The fourth-order valence-electron chi connectivity index (χ4n) is 4.14. The number of methoxy groups -OCH3 is 1. The van der Waals surface area contributed by atoms with Crippen molar-refractivity contribution in [2.75, 3.05) is 76.2 Å². The van der Waals surface area contributed by atoms with Gasteiger partial charge in [-0.15, -0.1) is 0 Å². The summed E-state index contributed by atoms with van der Waals surface area (Å²) in [5, 5.41) is 10.3. The number of ether oxygens (including phenoxy) is 1. The maximum Gasteiger partial charge on any atom is 0.248 e. The second-order valence-corrected chi connectivity index (χ2v) is 13.8. The van der Waals surface area contributed by atoms with Crippen molar-refractivity contribution in [1.82, 2.24) is 9.80 Å². The zero-order valence-electron chi connectivity index (χ0n) is 24.4. The number of rotatable bonds is 12. The second kappa shape index (κ2) is 15.0. The van der Waals surface area contributed by atoms with Gasteiger partial charge >= 0.3 is 0 Å². The van der Waals surface area contributed by atoms with Crippen LogP contribution < -0.4 is 26.0 Å². The number of nitrogens with zero attached hydrogens (tertiary/aromatic N) is 3. The molecule has 0 bridgehead atoms. The van der Waals surface area contributed by atoms with Gasteiger partial charge in [0.15, 0.2) is 0 Å². The molecule has 0 saturated carbocycles. The molecular formula is C30H40ClN6O3P. The van der Waals surface area contributed by atoms with Crippen molar-refractivity contribution in [1.29, 1.82) is 0 Å². The van der Waals surface area contributed by atoms with Gasteiger partial charge < -0.3 is 30.2 Å². The Morgan fingerprint density at radius 1 is 1.10 bits per heavy atom. The number of carbonyl (C=O) groups excluding carboxylic acids is 1. The highest BCUT2D eigenvalue weighted by atomic mass is 35.5. The number of nitrogens with one attached hydrogen (secondary N) is 3. The molecule has 3 rings (SSSR count). The molecular weight excluding hydrogens is 559 g/mol. The van der Waals surface area contributed by atoms with Gasteiger partial charge in [0.25, 0.3) is 0 Å². The minimum atomic E-state index is -2.48. The summed E-state index contributed by atoms with van der Waals surface area (Å²) in [5.41, 5.74) is 2.56. The first-order valence-corrected chi connectivity index (χ1v) is 16.3. The zero-order valence-corrected chi connectivity index (χ0v) is 26.1. The minimum absolute atomic E-state index is 0.212. The van der Waals surface area contributed by atoms with Crippen LogP contribution in [0.15, 0.2) is 82.7 Å². The molecule has 2 aromatic carbocycles. The average Bonchev–Trinajstić information content (AvgIpc) is 2.92. The molecule has 0 radical (unpaired) electrons. The second-order valence-electron chi connectivity index (χ2n) is 10.2. The van der Waals surface area contributed by atoms with E-state index < -0.39 is 7.14 Å². The molecule has 220 valence electrons. The van der Waals surface area contributed by atoms with E-state index in [1.807, 2.05) is 37.3 Å². The van der Waals surface area contributed by atoms with E-state index in [4.69, 9.17) is 16.3 Å². The third-order valence-electron chi connectivity index (χ3n) is 6.47. The molecule has 3 N–H and O–H groups in total. The maximum atomic E-state index is 12.7. The van der Waals surface area contributed by atoms with E-state index in [1.165, 1.54) is 6.21 Å². The van der Waals surface area contributed by atoms with Crippen LogP contribution in [0.1, 0.15) is 6.92 Å². The highest BCUT2D eigenvalue weighted by Gasteiger charge is 2.16. The number of carbonyl (C=O) groups is 1. The number of likely N-dealkylation sites (N-methyl/N-ethyl adjacent to an activating group) is 1. The van der Waals surface area contributed by atoms with Crippen LogP contribution in [0, 0.1) is 0 Å². The van der Waals surface area contributed by atoms with Crippen LogP contribution in [0.2, 0.25) is 0 Å². The van der Waals surface area contributed by atoms with Gasteiger partial charge in [-0.1, -0.05) is 36.4 Å². The van der Waals surface area contributed by atoms with E-state index >= 15 is 0 Å². The van der Waals surface area contributed by atoms with Crippen molar-refractivity contribution in [2.45, 2.75) is 6.92 Å². The van der Waals surface area contributed by atoms with E-state index in [1.54, 1.807) is 44.7 Å². The first-order chi connectivity index (χ1) is 19.5. The predicted molar refractivity (Wildman–Crippen MR) is 174 cm³/mol. The molecule has 9 nitrogen and oxygen atoms in total. The van der Waals surface area contributed by atoms with Gasteiger partial charge in [-0.3, -0.25) is 9.69 Å². The summed E-state index contributed by atoms with van der Waals surface area (Å²) in [5.74, 6) is 0.664. The quantitative estimate of drug-likeness (QED) is 0.175. The SMILES string of the molecule is C=C(/N=C\C(Cl)=C(/C)Nc1ccccc1P(C)(C)=O)Nc1cc(NC(=O)/C=C/CN2CCN(C)CC2)ccc1OC. The fraction of sp³-hybridized carbons (Fsp3) is 0.333. The largest absolute Gasteiger partial charge is 0.495 e. The van der Waals surface area contributed by atoms with Crippen LogP contribution in [-0.4, -0.2) is 82.1 Å². The molecule has 41 heavy (non-hydrogen) atoms. The van der Waals surface area contributed by atoms with Gasteiger partial charge in [0.05, 0.1) is 17.8 Å². The number of aliphatic imine (C=N–C) groups is 1. The van der Waals surface area contributed by atoms with Gasteiger partial charge in [0.1, 0.15) is 18.7 Å². The lowest BCUT2D eigenvalue weighted by molar-refractivity contribution is -0.111. The number of allylic oxidation sites excluding steroid dienone is 2. The van der Waals surface area contributed by atoms with Crippen LogP contribution >= 0.6 is 18.7 Å². The number of hydrogen-bond donors (Lipinski definition) is 3. The molecule has 11 heteroatoms. The number of benzene rings is 2. The average molecular weight is 599 g/mol. The van der Waals surface area contributed by atoms with Gasteiger partial charge in [0.2, 0.25) is 5.91 Å². The summed E-state index contributed by atoms with van der Waals surface area (Å²) in [6, 6.07) is 12.7. The third kappa shape index (κ3) is 10.2. The molecule has 1 aliphatic heterocycles. The number of anilines is 3. The van der Waals surface area contributed by atoms with Crippen molar-refractivity contribution in [3.8, 4) is 5.75 Å². The maximum absolute atomic E-state index is 12.7. The van der Waals surface area contributed by atoms with Crippen molar-refractivity contribution in [2.24, 2.45) is 4.99 Å². The lowest BCUT2D eigenvalue weighted by Crippen LogP contribution is -2.44. The van der Waals surface area contributed by atoms with Crippen LogP contribution in [0.3, 0.4) is 0 Å². The predicted octanol–water partition coefficient (Wildman–Crippen LogP) is 5.22. The van der Waals surface area contributed by atoms with Crippen LogP contribution in [0.25, 0.3) is 0 Å². The number of amides is 1. The third-order valence-corrected chi connectivity index (χ3v) is 8.40. The number of para-hydroxylation sites is 1. The lowest BCUT2D eigenvalue weighted by Gasteiger charge is -2.31. The Bertz CT molecular complexity index is 1380. The van der Waals surface area contributed by atoms with Crippen molar-refractivity contribution in [3.63, 3.8) is 0 Å². The Morgan fingerprint density at radius 3 is 2.49 bits per heavy atom. The summed E-state index contributed by atoms with van der Waals surface area (Å²) in [7, 11) is 1.20. The summed E-state index contributed by atoms with van der Waals surface area (Å²) in [6.45, 7) is 14.0. The Morgan fingerprint density at radius 2 is 1.80 bits per heavy atom. The van der Waals surface area contributed by atoms with Crippen LogP contribution in [-0.2, 0) is 9.36 Å². The van der Waals surface area contributed by atoms with E-state index in [-0.39, 0.29) is 5.91 Å². The van der Waals surface area contributed by atoms with Gasteiger partial charge in [-0.25, -0.2) is 4.99 Å². The molecule has 0 spiro atoms. The van der Waals surface area contributed by atoms with E-state index in [0.29, 0.717) is 33.7 Å². The lowest BCUT2D eigenvalue weighted by atomic mass is 10.2. The highest BCUT2D eigenvalue weighted by Crippen LogP contribution is 2.38. The smallest absolute Gasteiger partial charge is 0.248 e. The molecule has 0 aromatic heterocycles. The van der Waals surface area contributed by atoms with Gasteiger partial charge in [0, 0.05) is 67.4 Å². The first kappa shape index (κ1) is 32.2. The van der Waals surface area contributed by atoms with E-state index in [2.05, 4.69) is 44.4 Å². The minimum Gasteiger partial charge on any atom is -0.495 e. The molecule has 0 unspecified atom stereocenters. The molecule has 1 fully saturated rings. The van der Waals surface area contributed by atoms with Crippen LogP contribution in [0.4, 0.5) is 17.1 Å². The fourth-order valence-corrected chi connectivity index (χ4v) is 5.39. The number of hydrogen-bond acceptors (Lipinski definition) is 8. The van der Waals surface area contributed by atoms with Crippen LogP contribution in [0.5, 0.6) is 5.75 Å². The summed E-state index contributed by atoms with van der Waals surface area (Å²) < 4.78 is 18.1. The van der Waals surface area contributed by atoms with Crippen molar-refractivity contribution >= 4 is 53.2 Å². The Labute approximate surface area is 248 Å². The first-order valence-electron chi connectivity index (χ1n) is 13.3. The van der Waals surface area contributed by atoms with Gasteiger partial charge in [-0.2, -0.15) is 0 Å². The molecule has 0 atom stereocenters. The summed E-state index contributed by atoms with van der Waals surface area (Å²) in [6.07, 6.45) is 4.92. The Kier molecular flexibility index (Phi) is 11.8. The monoisotopic (exact) mass is 598 g/mol.